The molecule has 2 amide bonds. The molecule has 1 saturated carbocycles. The SMILES string of the molecule is NCC1(NC(=O)Nc2cc(Cl)ccc2Cl)CCCC1. The molecule has 0 unspecified atom stereocenters. The Morgan fingerprint density at radius 2 is 2.00 bits per heavy atom. The molecule has 4 nitrogen and oxygen atoms in total. The standard InChI is InChI=1S/C13H17Cl2N3O/c14-9-3-4-10(15)11(7-9)17-12(19)18-13(8-16)5-1-2-6-13/h3-4,7H,1-2,5-6,8,16H2,(H2,17,18,19). The molecule has 1 aliphatic carbocycles. The Morgan fingerprint density at radius 1 is 1.32 bits per heavy atom. The predicted molar refractivity (Wildman–Crippen MR) is 78.9 cm³/mol. The van der Waals surface area contributed by atoms with E-state index in [1.807, 2.05) is 0 Å². The molecule has 0 aliphatic heterocycles. The summed E-state index contributed by atoms with van der Waals surface area (Å²) < 4.78 is 0. The van der Waals surface area contributed by atoms with Crippen LogP contribution in [0.4, 0.5) is 10.5 Å². The van der Waals surface area contributed by atoms with E-state index in [9.17, 15) is 4.79 Å². The molecule has 0 radical (unpaired) electrons. The molecule has 2 rings (SSSR count). The van der Waals surface area contributed by atoms with Crippen LogP contribution in [-0.2, 0) is 0 Å². The average Bonchev–Trinajstić information content (AvgIpc) is 2.83. The molecule has 104 valence electrons. The van der Waals surface area contributed by atoms with Crippen LogP contribution < -0.4 is 16.4 Å². The highest BCUT2D eigenvalue weighted by molar-refractivity contribution is 6.35. The molecule has 6 heteroatoms. The molecule has 0 aromatic heterocycles. The summed E-state index contributed by atoms with van der Waals surface area (Å²) in [6.07, 6.45) is 4.02. The van der Waals surface area contributed by atoms with Gasteiger partial charge in [-0.25, -0.2) is 4.79 Å². The Morgan fingerprint density at radius 3 is 2.63 bits per heavy atom. The van der Waals surface area contributed by atoms with Crippen LogP contribution in [0.15, 0.2) is 18.2 Å². The van der Waals surface area contributed by atoms with Crippen molar-refractivity contribution in [2.24, 2.45) is 5.73 Å². The minimum atomic E-state index is -0.295. The molecule has 0 atom stereocenters. The van der Waals surface area contributed by atoms with Crippen LogP contribution in [0.1, 0.15) is 25.7 Å². The zero-order valence-corrected chi connectivity index (χ0v) is 12.0. The van der Waals surface area contributed by atoms with Crippen LogP contribution in [-0.4, -0.2) is 18.1 Å². The van der Waals surface area contributed by atoms with Gasteiger partial charge in [-0.15, -0.1) is 0 Å². The molecule has 0 spiro atoms. The van der Waals surface area contributed by atoms with Gasteiger partial charge in [-0.05, 0) is 31.0 Å². The maximum atomic E-state index is 12.0. The monoisotopic (exact) mass is 301 g/mol. The fourth-order valence-electron chi connectivity index (χ4n) is 2.42. The van der Waals surface area contributed by atoms with Crippen molar-refractivity contribution in [1.82, 2.24) is 5.32 Å². The largest absolute Gasteiger partial charge is 0.331 e. The van der Waals surface area contributed by atoms with Crippen LogP contribution >= 0.6 is 23.2 Å². The Balaban J connectivity index is 2.03. The first-order valence-electron chi connectivity index (χ1n) is 6.29. The van der Waals surface area contributed by atoms with Crippen LogP contribution in [0.5, 0.6) is 0 Å². The second-order valence-corrected chi connectivity index (χ2v) is 5.74. The predicted octanol–water partition coefficient (Wildman–Crippen LogP) is 3.39. The summed E-state index contributed by atoms with van der Waals surface area (Å²) in [6.45, 7) is 0.448. The van der Waals surface area contributed by atoms with E-state index >= 15 is 0 Å². The highest BCUT2D eigenvalue weighted by Crippen LogP contribution is 2.29. The van der Waals surface area contributed by atoms with Gasteiger partial charge < -0.3 is 16.4 Å². The minimum Gasteiger partial charge on any atom is -0.331 e. The van der Waals surface area contributed by atoms with Crippen molar-refractivity contribution in [3.05, 3.63) is 28.2 Å². The summed E-state index contributed by atoms with van der Waals surface area (Å²) in [6, 6.07) is 4.64. The molecular formula is C13H17Cl2N3O. The maximum Gasteiger partial charge on any atom is 0.319 e. The average molecular weight is 302 g/mol. The third-order valence-corrected chi connectivity index (χ3v) is 4.07. The lowest BCUT2D eigenvalue weighted by atomic mass is 9.98. The van der Waals surface area contributed by atoms with E-state index in [4.69, 9.17) is 28.9 Å². The molecule has 1 fully saturated rings. The molecule has 0 heterocycles. The lowest BCUT2D eigenvalue weighted by molar-refractivity contribution is 0.237. The molecule has 1 aromatic rings. The van der Waals surface area contributed by atoms with Gasteiger partial charge >= 0.3 is 6.03 Å². The Labute approximate surface area is 122 Å². The number of halogens is 2. The number of benzene rings is 1. The van der Waals surface area contributed by atoms with E-state index in [0.717, 1.165) is 25.7 Å². The summed E-state index contributed by atoms with van der Waals surface area (Å²) in [7, 11) is 0. The maximum absolute atomic E-state index is 12.0. The van der Waals surface area contributed by atoms with E-state index < -0.39 is 0 Å². The van der Waals surface area contributed by atoms with E-state index in [1.165, 1.54) is 0 Å². The smallest absolute Gasteiger partial charge is 0.319 e. The molecule has 1 aromatic carbocycles. The van der Waals surface area contributed by atoms with Crippen LogP contribution in [0.2, 0.25) is 10.0 Å². The summed E-state index contributed by atoms with van der Waals surface area (Å²) in [5.74, 6) is 0. The molecule has 19 heavy (non-hydrogen) atoms. The second kappa shape index (κ2) is 5.99. The van der Waals surface area contributed by atoms with Crippen LogP contribution in [0, 0.1) is 0 Å². The van der Waals surface area contributed by atoms with Crippen molar-refractivity contribution in [3.63, 3.8) is 0 Å². The minimum absolute atomic E-state index is 0.283. The number of carbonyl (C=O) groups is 1. The highest BCUT2D eigenvalue weighted by Gasteiger charge is 2.33. The van der Waals surface area contributed by atoms with Crippen LogP contribution in [0.3, 0.4) is 0 Å². The van der Waals surface area contributed by atoms with Gasteiger partial charge in [0.25, 0.3) is 0 Å². The normalized spacial score (nSPS) is 17.2. The summed E-state index contributed by atoms with van der Waals surface area (Å²) in [4.78, 5) is 12.0. The van der Waals surface area contributed by atoms with Crippen molar-refractivity contribution in [2.75, 3.05) is 11.9 Å². The van der Waals surface area contributed by atoms with Gasteiger partial charge in [-0.3, -0.25) is 0 Å². The number of anilines is 1. The number of amides is 2. The molecule has 0 saturated heterocycles. The van der Waals surface area contributed by atoms with Crippen molar-refractivity contribution in [1.29, 1.82) is 0 Å². The number of urea groups is 1. The fourth-order valence-corrected chi connectivity index (χ4v) is 2.76. The molecular weight excluding hydrogens is 285 g/mol. The number of nitrogens with two attached hydrogens (primary N) is 1. The summed E-state index contributed by atoms with van der Waals surface area (Å²) in [5, 5.41) is 6.65. The summed E-state index contributed by atoms with van der Waals surface area (Å²) in [5.41, 5.74) is 5.99. The van der Waals surface area contributed by atoms with Gasteiger partial charge in [0, 0.05) is 11.6 Å². The fraction of sp³-hybridized carbons (Fsp3) is 0.462. The molecule has 0 bridgehead atoms. The zero-order chi connectivity index (χ0) is 13.9. The van der Waals surface area contributed by atoms with Gasteiger partial charge in [0.1, 0.15) is 0 Å². The topological polar surface area (TPSA) is 67.1 Å². The Kier molecular flexibility index (Phi) is 4.55. The first-order valence-corrected chi connectivity index (χ1v) is 7.04. The van der Waals surface area contributed by atoms with Crippen molar-refractivity contribution < 1.29 is 4.79 Å². The number of hydrogen-bond donors (Lipinski definition) is 3. The molecule has 1 aliphatic rings. The van der Waals surface area contributed by atoms with E-state index in [0.29, 0.717) is 22.3 Å². The molecule has 4 N–H and O–H groups in total. The third kappa shape index (κ3) is 3.53. The van der Waals surface area contributed by atoms with Gasteiger partial charge in [0.15, 0.2) is 0 Å². The van der Waals surface area contributed by atoms with Gasteiger partial charge in [0.2, 0.25) is 0 Å². The lowest BCUT2D eigenvalue weighted by Gasteiger charge is -2.28. The quantitative estimate of drug-likeness (QED) is 0.801. The Bertz CT molecular complexity index is 473. The van der Waals surface area contributed by atoms with Crippen LogP contribution in [0.25, 0.3) is 0 Å². The number of nitrogens with one attached hydrogen (secondary N) is 2. The third-order valence-electron chi connectivity index (χ3n) is 3.51. The van der Waals surface area contributed by atoms with Crippen molar-refractivity contribution in [2.45, 2.75) is 31.2 Å². The zero-order valence-electron chi connectivity index (χ0n) is 10.5. The number of rotatable bonds is 3. The van der Waals surface area contributed by atoms with Crippen molar-refractivity contribution in [3.8, 4) is 0 Å². The second-order valence-electron chi connectivity index (χ2n) is 4.89. The lowest BCUT2D eigenvalue weighted by Crippen LogP contribution is -2.53. The highest BCUT2D eigenvalue weighted by atomic mass is 35.5. The van der Waals surface area contributed by atoms with E-state index in [2.05, 4.69) is 10.6 Å². The first kappa shape index (κ1) is 14.4. The Hall–Kier alpha value is -0.970. The first-order chi connectivity index (χ1) is 9.04. The van der Waals surface area contributed by atoms with E-state index in [1.54, 1.807) is 18.2 Å². The number of carbonyl (C=O) groups excluding carboxylic acids is 1. The van der Waals surface area contributed by atoms with Gasteiger partial charge in [0.05, 0.1) is 16.2 Å². The van der Waals surface area contributed by atoms with Gasteiger partial charge in [-0.2, -0.15) is 0 Å². The summed E-state index contributed by atoms with van der Waals surface area (Å²) >= 11 is 11.9. The van der Waals surface area contributed by atoms with E-state index in [-0.39, 0.29) is 11.6 Å². The number of hydrogen-bond acceptors (Lipinski definition) is 2. The van der Waals surface area contributed by atoms with Crippen molar-refractivity contribution >= 4 is 34.9 Å². The van der Waals surface area contributed by atoms with Gasteiger partial charge in [-0.1, -0.05) is 36.0 Å².